The van der Waals surface area contributed by atoms with Gasteiger partial charge in [-0.1, -0.05) is 29.4 Å². The summed E-state index contributed by atoms with van der Waals surface area (Å²) in [5, 5.41) is 14.6. The number of halogens is 1. The number of nitrogens with zero attached hydrogens (tertiary/aromatic N) is 1. The molecule has 0 aliphatic carbocycles. The second kappa shape index (κ2) is 8.04. The molecule has 10 heteroatoms. The number of aromatic hydroxyl groups is 1. The topological polar surface area (TPSA) is 124 Å². The molecule has 8 nitrogen and oxygen atoms in total. The summed E-state index contributed by atoms with van der Waals surface area (Å²) in [6.07, 6.45) is 0. The van der Waals surface area contributed by atoms with Crippen LogP contribution in [0.15, 0.2) is 34.2 Å². The summed E-state index contributed by atoms with van der Waals surface area (Å²) in [6.45, 7) is 2.81. The highest BCUT2D eigenvalue weighted by Crippen LogP contribution is 2.24. The molecule has 1 aromatic carbocycles. The minimum Gasteiger partial charge on any atom is -0.492 e. The Balaban J connectivity index is 2.09. The van der Waals surface area contributed by atoms with Gasteiger partial charge in [-0.05, 0) is 25.1 Å². The molecule has 0 saturated heterocycles. The third-order valence-corrected chi connectivity index (χ3v) is 4.15. The average molecular weight is 383 g/mol. The molecule has 1 heterocycles. The highest BCUT2D eigenvalue weighted by atomic mass is 35.5. The summed E-state index contributed by atoms with van der Waals surface area (Å²) in [5.41, 5.74) is -0.518. The van der Waals surface area contributed by atoms with Crippen molar-refractivity contribution in [3.05, 3.63) is 39.6 Å². The second-order valence-corrected chi connectivity index (χ2v) is 6.78. The molecule has 0 aliphatic rings. The zero-order valence-corrected chi connectivity index (χ0v) is 14.9. The average Bonchev–Trinajstić information content (AvgIpc) is 2.50. The van der Waals surface area contributed by atoms with Gasteiger partial charge in [0.1, 0.15) is 0 Å². The van der Waals surface area contributed by atoms with Crippen LogP contribution in [0.25, 0.3) is 0 Å². The van der Waals surface area contributed by atoms with E-state index in [0.717, 1.165) is 11.8 Å². The highest BCUT2D eigenvalue weighted by Gasteiger charge is 2.18. The first-order chi connectivity index (χ1) is 11.8. The number of amides is 2. The molecule has 0 radical (unpaired) electrons. The third-order valence-electron chi connectivity index (χ3n) is 2.93. The lowest BCUT2D eigenvalue weighted by Crippen LogP contribution is -2.24. The molecular weight excluding hydrogens is 368 g/mol. The molecule has 0 fully saturated rings. The largest absolute Gasteiger partial charge is 0.492 e. The third kappa shape index (κ3) is 5.23. The van der Waals surface area contributed by atoms with Crippen molar-refractivity contribution in [3.63, 3.8) is 0 Å². The van der Waals surface area contributed by atoms with E-state index >= 15 is 0 Å². The van der Waals surface area contributed by atoms with E-state index in [1.807, 2.05) is 0 Å². The van der Waals surface area contributed by atoms with Gasteiger partial charge >= 0.3 is 0 Å². The lowest BCUT2D eigenvalue weighted by molar-refractivity contribution is -0.115. The number of thioether (sulfide) groups is 1. The van der Waals surface area contributed by atoms with Crippen LogP contribution in [0, 0.1) is 0 Å². The molecule has 1 atom stereocenters. The van der Waals surface area contributed by atoms with Gasteiger partial charge in [-0.25, -0.2) is 0 Å². The fourth-order valence-electron chi connectivity index (χ4n) is 1.82. The van der Waals surface area contributed by atoms with Gasteiger partial charge in [0.05, 0.1) is 5.25 Å². The first kappa shape index (κ1) is 18.8. The van der Waals surface area contributed by atoms with Crippen molar-refractivity contribution in [2.24, 2.45) is 0 Å². The summed E-state index contributed by atoms with van der Waals surface area (Å²) in [7, 11) is 0. The van der Waals surface area contributed by atoms with Gasteiger partial charge in [0.2, 0.25) is 17.7 Å². The molecule has 0 bridgehead atoms. The molecule has 0 saturated carbocycles. The first-order valence-electron chi connectivity index (χ1n) is 7.10. The van der Waals surface area contributed by atoms with Crippen LogP contribution in [0.3, 0.4) is 0 Å². The van der Waals surface area contributed by atoms with Gasteiger partial charge in [-0.15, -0.1) is 0 Å². The number of aromatic nitrogens is 2. The monoisotopic (exact) mass is 382 g/mol. The minimum absolute atomic E-state index is 0.0466. The predicted molar refractivity (Wildman–Crippen MR) is 96.2 cm³/mol. The Morgan fingerprint density at radius 2 is 2.08 bits per heavy atom. The Morgan fingerprint density at radius 3 is 2.68 bits per heavy atom. The van der Waals surface area contributed by atoms with Gasteiger partial charge in [0.25, 0.3) is 5.56 Å². The summed E-state index contributed by atoms with van der Waals surface area (Å²) < 4.78 is 0. The molecule has 1 aromatic heterocycles. The second-order valence-electron chi connectivity index (χ2n) is 5.01. The first-order valence-corrected chi connectivity index (χ1v) is 8.36. The molecule has 2 amide bonds. The van der Waals surface area contributed by atoms with Gasteiger partial charge < -0.3 is 15.7 Å². The fraction of sp³-hybridized carbons (Fsp3) is 0.200. The van der Waals surface area contributed by atoms with Crippen molar-refractivity contribution in [1.82, 2.24) is 9.97 Å². The number of anilines is 2. The molecule has 0 spiro atoms. The molecule has 0 unspecified atom stereocenters. The van der Waals surface area contributed by atoms with Gasteiger partial charge in [-0.2, -0.15) is 4.98 Å². The molecule has 4 N–H and O–H groups in total. The van der Waals surface area contributed by atoms with E-state index in [2.05, 4.69) is 20.6 Å². The van der Waals surface area contributed by atoms with Crippen LogP contribution in [0.1, 0.15) is 13.8 Å². The van der Waals surface area contributed by atoms with Crippen LogP contribution in [0.2, 0.25) is 5.02 Å². The number of aromatic amines is 1. The molecular formula is C15H15ClN4O4S. The molecule has 2 rings (SSSR count). The van der Waals surface area contributed by atoms with Crippen LogP contribution >= 0.6 is 23.4 Å². The van der Waals surface area contributed by atoms with Crippen LogP contribution in [-0.2, 0) is 9.59 Å². The maximum absolute atomic E-state index is 12.2. The zero-order chi connectivity index (χ0) is 18.6. The molecule has 132 valence electrons. The summed E-state index contributed by atoms with van der Waals surface area (Å²) in [4.78, 5) is 41.2. The van der Waals surface area contributed by atoms with Crippen LogP contribution < -0.4 is 16.2 Å². The number of hydrogen-bond acceptors (Lipinski definition) is 6. The quantitative estimate of drug-likeness (QED) is 0.464. The summed E-state index contributed by atoms with van der Waals surface area (Å²) in [5.74, 6) is -1.47. The smallest absolute Gasteiger partial charge is 0.279 e. The summed E-state index contributed by atoms with van der Waals surface area (Å²) in [6, 6.07) is 6.68. The summed E-state index contributed by atoms with van der Waals surface area (Å²) >= 11 is 6.81. The Hall–Kier alpha value is -2.52. The number of rotatable bonds is 5. The van der Waals surface area contributed by atoms with E-state index < -0.39 is 22.6 Å². The maximum Gasteiger partial charge on any atom is 0.279 e. The minimum atomic E-state index is -0.715. The van der Waals surface area contributed by atoms with E-state index in [9.17, 15) is 19.5 Å². The van der Waals surface area contributed by atoms with Gasteiger partial charge in [-0.3, -0.25) is 19.4 Å². The Kier molecular flexibility index (Phi) is 6.05. The number of benzene rings is 1. The normalized spacial score (nSPS) is 11.6. The lowest BCUT2D eigenvalue weighted by Gasteiger charge is -2.12. The Bertz CT molecular complexity index is 871. The molecule has 2 aromatic rings. The maximum atomic E-state index is 12.2. The lowest BCUT2D eigenvalue weighted by atomic mass is 10.3. The zero-order valence-electron chi connectivity index (χ0n) is 13.3. The van der Waals surface area contributed by atoms with Gasteiger partial charge in [0, 0.05) is 17.6 Å². The van der Waals surface area contributed by atoms with Crippen LogP contribution in [-0.4, -0.2) is 32.1 Å². The van der Waals surface area contributed by atoms with Crippen LogP contribution in [0.4, 0.5) is 11.4 Å². The number of H-pyrrole nitrogens is 1. The van der Waals surface area contributed by atoms with Crippen molar-refractivity contribution in [1.29, 1.82) is 0 Å². The highest BCUT2D eigenvalue weighted by molar-refractivity contribution is 8.00. The van der Waals surface area contributed by atoms with E-state index in [-0.39, 0.29) is 16.8 Å². The van der Waals surface area contributed by atoms with Crippen molar-refractivity contribution in [2.45, 2.75) is 24.3 Å². The molecule has 25 heavy (non-hydrogen) atoms. The number of nitrogens with one attached hydrogen (secondary N) is 3. The van der Waals surface area contributed by atoms with Crippen LogP contribution in [0.5, 0.6) is 5.88 Å². The Morgan fingerprint density at radius 1 is 1.36 bits per heavy atom. The van der Waals surface area contributed by atoms with Crippen molar-refractivity contribution in [3.8, 4) is 5.88 Å². The van der Waals surface area contributed by atoms with E-state index in [1.54, 1.807) is 31.2 Å². The van der Waals surface area contributed by atoms with Crippen molar-refractivity contribution in [2.75, 3.05) is 10.6 Å². The van der Waals surface area contributed by atoms with E-state index in [0.29, 0.717) is 10.7 Å². The van der Waals surface area contributed by atoms with E-state index in [4.69, 9.17) is 11.6 Å². The van der Waals surface area contributed by atoms with Crippen molar-refractivity contribution >= 4 is 46.6 Å². The van der Waals surface area contributed by atoms with Crippen molar-refractivity contribution < 1.29 is 14.7 Å². The number of carbonyl (C=O) groups is 2. The van der Waals surface area contributed by atoms with E-state index in [1.165, 1.54) is 6.92 Å². The SMILES string of the molecule is CC(=O)Nc1c(O)nc(S[C@@H](C)C(=O)Nc2cccc(Cl)c2)[nH]c1=O. The standard InChI is InChI=1S/C15H15ClN4O4S/c1-7(12(22)18-10-5-3-4-9(16)6-10)25-15-19-13(23)11(14(24)20-15)17-8(2)21/h3-7H,1-2H3,(H,17,21)(H,18,22)(H2,19,20,23,24)/t7-/m0/s1. The Labute approximate surface area is 152 Å². The number of hydrogen-bond donors (Lipinski definition) is 4. The predicted octanol–water partition coefficient (Wildman–Crippen LogP) is 2.21. The number of carbonyl (C=O) groups excluding carboxylic acids is 2. The van der Waals surface area contributed by atoms with Gasteiger partial charge in [0.15, 0.2) is 10.8 Å². The molecule has 0 aliphatic heterocycles. The fourth-order valence-corrected chi connectivity index (χ4v) is 2.80.